The third-order valence-electron chi connectivity index (χ3n) is 10.6. The van der Waals surface area contributed by atoms with Crippen LogP contribution in [0.3, 0.4) is 0 Å². The van der Waals surface area contributed by atoms with Gasteiger partial charge in [0.1, 0.15) is 16.7 Å². The Bertz CT molecular complexity index is 3190. The molecule has 0 aliphatic carbocycles. The van der Waals surface area contributed by atoms with Crippen molar-refractivity contribution in [3.63, 3.8) is 0 Å². The highest BCUT2D eigenvalue weighted by Crippen LogP contribution is 2.40. The van der Waals surface area contributed by atoms with E-state index in [1.165, 1.54) is 0 Å². The second-order valence-electron chi connectivity index (χ2n) is 14.0. The fourth-order valence-electron chi connectivity index (χ4n) is 7.77. The summed E-state index contributed by atoms with van der Waals surface area (Å²) in [6, 6.07) is 64.5. The molecule has 0 N–H and O–H groups in total. The van der Waals surface area contributed by atoms with E-state index >= 15 is 0 Å². The highest BCUT2D eigenvalue weighted by atomic mass is 16.3. The van der Waals surface area contributed by atoms with Gasteiger partial charge in [0.05, 0.1) is 16.9 Å². The van der Waals surface area contributed by atoms with Crippen LogP contribution in [0.5, 0.6) is 0 Å². The number of para-hydroxylation sites is 4. The van der Waals surface area contributed by atoms with Crippen LogP contribution >= 0.6 is 0 Å². The molecule has 0 unspecified atom stereocenters. The Morgan fingerprint density at radius 2 is 1.09 bits per heavy atom. The van der Waals surface area contributed by atoms with Crippen LogP contribution in [-0.2, 0) is 0 Å². The van der Waals surface area contributed by atoms with Crippen molar-refractivity contribution in [1.29, 1.82) is 0 Å². The molecule has 0 amide bonds. The number of benzene rings is 7. The van der Waals surface area contributed by atoms with Crippen LogP contribution in [0.4, 0.5) is 17.1 Å². The van der Waals surface area contributed by atoms with Gasteiger partial charge in [-0.05, 0) is 84.4 Å². The van der Waals surface area contributed by atoms with Crippen molar-refractivity contribution in [3.05, 3.63) is 194 Å². The lowest BCUT2D eigenvalue weighted by Crippen LogP contribution is -2.09. The average Bonchev–Trinajstić information content (AvgIpc) is 3.90. The predicted octanol–water partition coefficient (Wildman–Crippen LogP) is 13.8. The zero-order valence-electron chi connectivity index (χ0n) is 30.6. The number of aromatic nitrogens is 3. The van der Waals surface area contributed by atoms with E-state index in [1.54, 1.807) is 0 Å². The van der Waals surface area contributed by atoms with Gasteiger partial charge in [-0.1, -0.05) is 109 Å². The summed E-state index contributed by atoms with van der Waals surface area (Å²) in [6.07, 6.45) is 1.82. The van der Waals surface area contributed by atoms with Crippen LogP contribution < -0.4 is 4.90 Å². The molecule has 0 fully saturated rings. The molecule has 6 nitrogen and oxygen atoms in total. The molecule has 0 aliphatic rings. The second kappa shape index (κ2) is 13.5. The smallest absolute Gasteiger partial charge is 0.227 e. The number of hydrogen-bond donors (Lipinski definition) is 0. The Morgan fingerprint density at radius 1 is 0.439 bits per heavy atom. The molecule has 11 aromatic rings. The lowest BCUT2D eigenvalue weighted by molar-refractivity contribution is 0.620. The van der Waals surface area contributed by atoms with Crippen molar-refractivity contribution in [1.82, 2.24) is 15.0 Å². The van der Waals surface area contributed by atoms with Crippen molar-refractivity contribution in [2.75, 3.05) is 4.90 Å². The number of oxazole rings is 1. The van der Waals surface area contributed by atoms with Crippen molar-refractivity contribution >= 4 is 61.0 Å². The quantitative estimate of drug-likeness (QED) is 0.162. The summed E-state index contributed by atoms with van der Waals surface area (Å²) in [5, 5.41) is 3.28. The number of furan rings is 1. The number of rotatable bonds is 7. The molecular weight excluding hydrogens is 701 g/mol. The van der Waals surface area contributed by atoms with Crippen LogP contribution in [0, 0.1) is 0 Å². The Hall–Kier alpha value is -7.83. The van der Waals surface area contributed by atoms with Crippen molar-refractivity contribution in [2.24, 2.45) is 0 Å². The van der Waals surface area contributed by atoms with E-state index in [4.69, 9.17) is 23.8 Å². The van der Waals surface area contributed by atoms with E-state index in [2.05, 4.69) is 132 Å². The van der Waals surface area contributed by atoms with E-state index in [1.807, 2.05) is 66.9 Å². The maximum atomic E-state index is 6.39. The number of nitrogens with zero attached hydrogens (tertiary/aromatic N) is 4. The number of hydrogen-bond acceptors (Lipinski definition) is 6. The topological polar surface area (TPSA) is 68.2 Å². The Kier molecular flexibility index (Phi) is 7.71. The van der Waals surface area contributed by atoms with Gasteiger partial charge >= 0.3 is 0 Å². The highest BCUT2D eigenvalue weighted by molar-refractivity contribution is 6.09. The first-order valence-corrected chi connectivity index (χ1v) is 18.9. The molecule has 4 aromatic heterocycles. The molecule has 0 radical (unpaired) electrons. The highest BCUT2D eigenvalue weighted by Gasteiger charge is 2.18. The SMILES string of the molecule is c1ccc(-c2nc(-c3ccc(N(c4ccc(-c5nc6ccccc6o5)cc4)c4ccc(-c5cccc6c5oc5ccccc56)cc4)cc3)cc3cccnc23)cc1. The molecule has 0 bridgehead atoms. The summed E-state index contributed by atoms with van der Waals surface area (Å²) >= 11 is 0. The zero-order chi connectivity index (χ0) is 37.7. The molecule has 268 valence electrons. The fourth-order valence-corrected chi connectivity index (χ4v) is 7.77. The minimum Gasteiger partial charge on any atom is -0.455 e. The molecule has 0 spiro atoms. The molecule has 0 atom stereocenters. The normalized spacial score (nSPS) is 11.5. The summed E-state index contributed by atoms with van der Waals surface area (Å²) in [4.78, 5) is 16.9. The van der Waals surface area contributed by atoms with Crippen LogP contribution in [0.2, 0.25) is 0 Å². The summed E-state index contributed by atoms with van der Waals surface area (Å²) in [6.45, 7) is 0. The summed E-state index contributed by atoms with van der Waals surface area (Å²) in [5.74, 6) is 0.593. The Morgan fingerprint density at radius 3 is 1.84 bits per heavy atom. The van der Waals surface area contributed by atoms with Crippen molar-refractivity contribution in [2.45, 2.75) is 0 Å². The monoisotopic (exact) mass is 732 g/mol. The van der Waals surface area contributed by atoms with Gasteiger partial charge in [0.15, 0.2) is 5.58 Å². The summed E-state index contributed by atoms with van der Waals surface area (Å²) in [5.41, 5.74) is 14.1. The lowest BCUT2D eigenvalue weighted by Gasteiger charge is -2.26. The largest absolute Gasteiger partial charge is 0.455 e. The van der Waals surface area contributed by atoms with Gasteiger partial charge in [0.25, 0.3) is 0 Å². The molecule has 7 aromatic carbocycles. The lowest BCUT2D eigenvalue weighted by atomic mass is 10.0. The molecule has 6 heteroatoms. The van der Waals surface area contributed by atoms with Gasteiger partial charge in [0, 0.05) is 61.7 Å². The third-order valence-corrected chi connectivity index (χ3v) is 10.6. The minimum absolute atomic E-state index is 0.593. The molecule has 0 aliphatic heterocycles. The first kappa shape index (κ1) is 32.6. The zero-order valence-corrected chi connectivity index (χ0v) is 30.6. The fraction of sp³-hybridized carbons (Fsp3) is 0. The molecule has 0 saturated heterocycles. The van der Waals surface area contributed by atoms with E-state index in [-0.39, 0.29) is 0 Å². The van der Waals surface area contributed by atoms with E-state index in [0.717, 1.165) is 100 Å². The summed E-state index contributed by atoms with van der Waals surface area (Å²) in [7, 11) is 0. The van der Waals surface area contributed by atoms with Gasteiger partial charge in [-0.25, -0.2) is 9.97 Å². The van der Waals surface area contributed by atoms with E-state index in [9.17, 15) is 0 Å². The maximum Gasteiger partial charge on any atom is 0.227 e. The molecular formula is C51H32N4O2. The standard InChI is InChI=1S/C51H32N4O2/c1-2-10-35(11-3-1)49-48-37(12-9-31-52-48)32-45(53-49)34-21-27-39(28-22-34)55(40-29-23-36(24-30-40)51-54-44-16-5-7-18-47(44)57-51)38-25-19-33(20-26-38)41-14-8-15-43-42-13-4-6-17-46(42)56-50(41)43/h1-32H. The third kappa shape index (κ3) is 5.79. The first-order valence-electron chi connectivity index (χ1n) is 18.9. The van der Waals surface area contributed by atoms with Crippen LogP contribution in [-0.4, -0.2) is 15.0 Å². The maximum absolute atomic E-state index is 6.39. The van der Waals surface area contributed by atoms with Gasteiger partial charge in [-0.3, -0.25) is 4.98 Å². The number of anilines is 3. The number of fused-ring (bicyclic) bond motifs is 5. The van der Waals surface area contributed by atoms with Crippen molar-refractivity contribution < 1.29 is 8.83 Å². The predicted molar refractivity (Wildman–Crippen MR) is 231 cm³/mol. The van der Waals surface area contributed by atoms with Crippen LogP contribution in [0.25, 0.3) is 89.0 Å². The van der Waals surface area contributed by atoms with Crippen LogP contribution in [0.15, 0.2) is 203 Å². The Labute approximate surface area is 328 Å². The van der Waals surface area contributed by atoms with Crippen LogP contribution in [0.1, 0.15) is 0 Å². The first-order chi connectivity index (χ1) is 28.2. The second-order valence-corrected chi connectivity index (χ2v) is 14.0. The van der Waals surface area contributed by atoms with Gasteiger partial charge in [-0.2, -0.15) is 0 Å². The summed E-state index contributed by atoms with van der Waals surface area (Å²) < 4.78 is 12.5. The molecule has 4 heterocycles. The van der Waals surface area contributed by atoms with Gasteiger partial charge in [0.2, 0.25) is 5.89 Å². The number of pyridine rings is 2. The molecule has 11 rings (SSSR count). The van der Waals surface area contributed by atoms with E-state index in [0.29, 0.717) is 5.89 Å². The minimum atomic E-state index is 0.593. The molecule has 57 heavy (non-hydrogen) atoms. The average molecular weight is 733 g/mol. The van der Waals surface area contributed by atoms with Crippen molar-refractivity contribution in [3.8, 4) is 45.1 Å². The van der Waals surface area contributed by atoms with E-state index < -0.39 is 0 Å². The van der Waals surface area contributed by atoms with Gasteiger partial charge in [-0.15, -0.1) is 0 Å². The molecule has 0 saturated carbocycles. The van der Waals surface area contributed by atoms with Gasteiger partial charge < -0.3 is 13.7 Å². The Balaban J connectivity index is 0.992.